The molecule has 2 rings (SSSR count). The summed E-state index contributed by atoms with van der Waals surface area (Å²) in [5, 5.41) is 6.47. The second-order valence-electron chi connectivity index (χ2n) is 5.13. The van der Waals surface area contributed by atoms with Crippen LogP contribution in [0.15, 0.2) is 24.3 Å². The molecule has 0 aromatic heterocycles. The maximum atomic E-state index is 12.1. The Morgan fingerprint density at radius 3 is 2.71 bits per heavy atom. The average molecular weight is 232 g/mol. The van der Waals surface area contributed by atoms with Crippen LogP contribution in [0.5, 0.6) is 0 Å². The zero-order valence-electron chi connectivity index (χ0n) is 10.5. The second kappa shape index (κ2) is 4.88. The summed E-state index contributed by atoms with van der Waals surface area (Å²) in [5.74, 6) is 0.0399. The SMILES string of the molecule is Cc1cccc(C(=O)NC2(C)CCNCC2)c1. The van der Waals surface area contributed by atoms with Crippen molar-refractivity contribution in [2.24, 2.45) is 0 Å². The van der Waals surface area contributed by atoms with Crippen molar-refractivity contribution >= 4 is 5.91 Å². The molecule has 1 aliphatic rings. The molecule has 92 valence electrons. The lowest BCUT2D eigenvalue weighted by atomic mass is 9.90. The van der Waals surface area contributed by atoms with Crippen LogP contribution in [-0.4, -0.2) is 24.5 Å². The van der Waals surface area contributed by atoms with Crippen LogP contribution in [0.2, 0.25) is 0 Å². The fourth-order valence-electron chi connectivity index (χ4n) is 2.24. The van der Waals surface area contributed by atoms with Crippen LogP contribution < -0.4 is 10.6 Å². The summed E-state index contributed by atoms with van der Waals surface area (Å²) in [6.45, 7) is 6.08. The van der Waals surface area contributed by atoms with Crippen molar-refractivity contribution in [3.8, 4) is 0 Å². The minimum atomic E-state index is -0.0634. The fraction of sp³-hybridized carbons (Fsp3) is 0.500. The number of hydrogen-bond acceptors (Lipinski definition) is 2. The van der Waals surface area contributed by atoms with Crippen molar-refractivity contribution in [1.82, 2.24) is 10.6 Å². The van der Waals surface area contributed by atoms with Crippen LogP contribution in [0.25, 0.3) is 0 Å². The van der Waals surface area contributed by atoms with Crippen molar-refractivity contribution in [1.29, 1.82) is 0 Å². The third kappa shape index (κ3) is 3.07. The van der Waals surface area contributed by atoms with Gasteiger partial charge in [-0.3, -0.25) is 4.79 Å². The Hall–Kier alpha value is -1.35. The minimum Gasteiger partial charge on any atom is -0.347 e. The highest BCUT2D eigenvalue weighted by molar-refractivity contribution is 5.94. The molecule has 3 nitrogen and oxygen atoms in total. The Balaban J connectivity index is 2.06. The van der Waals surface area contributed by atoms with Gasteiger partial charge in [0.15, 0.2) is 0 Å². The number of benzene rings is 1. The van der Waals surface area contributed by atoms with E-state index in [4.69, 9.17) is 0 Å². The number of carbonyl (C=O) groups excluding carboxylic acids is 1. The van der Waals surface area contributed by atoms with E-state index in [1.807, 2.05) is 31.2 Å². The first-order valence-electron chi connectivity index (χ1n) is 6.19. The van der Waals surface area contributed by atoms with Gasteiger partial charge in [-0.05, 0) is 51.9 Å². The van der Waals surface area contributed by atoms with E-state index in [2.05, 4.69) is 17.6 Å². The molecule has 1 aromatic rings. The van der Waals surface area contributed by atoms with E-state index in [1.54, 1.807) is 0 Å². The number of rotatable bonds is 2. The molecule has 3 heteroatoms. The molecule has 1 amide bonds. The van der Waals surface area contributed by atoms with Crippen LogP contribution in [0.4, 0.5) is 0 Å². The Labute approximate surface area is 103 Å². The van der Waals surface area contributed by atoms with Gasteiger partial charge in [-0.25, -0.2) is 0 Å². The lowest BCUT2D eigenvalue weighted by molar-refractivity contribution is 0.0887. The summed E-state index contributed by atoms with van der Waals surface area (Å²) in [4.78, 5) is 12.1. The van der Waals surface area contributed by atoms with E-state index in [0.29, 0.717) is 0 Å². The third-order valence-electron chi connectivity index (χ3n) is 3.40. The van der Waals surface area contributed by atoms with Gasteiger partial charge in [0.2, 0.25) is 0 Å². The summed E-state index contributed by atoms with van der Waals surface area (Å²) in [7, 11) is 0. The van der Waals surface area contributed by atoms with Crippen molar-refractivity contribution in [2.75, 3.05) is 13.1 Å². The van der Waals surface area contributed by atoms with Gasteiger partial charge >= 0.3 is 0 Å². The Morgan fingerprint density at radius 2 is 2.06 bits per heavy atom. The van der Waals surface area contributed by atoms with E-state index in [-0.39, 0.29) is 11.4 Å². The number of piperidine rings is 1. The molecular formula is C14H20N2O. The molecule has 1 heterocycles. The first-order chi connectivity index (χ1) is 8.09. The van der Waals surface area contributed by atoms with E-state index in [9.17, 15) is 4.79 Å². The standard InChI is InChI=1S/C14H20N2O/c1-11-4-3-5-12(10-11)13(17)16-14(2)6-8-15-9-7-14/h3-5,10,15H,6-9H2,1-2H3,(H,16,17). The van der Waals surface area contributed by atoms with Gasteiger partial charge in [0.1, 0.15) is 0 Å². The van der Waals surface area contributed by atoms with Gasteiger partial charge in [0, 0.05) is 11.1 Å². The predicted molar refractivity (Wildman–Crippen MR) is 69.2 cm³/mol. The van der Waals surface area contributed by atoms with Crippen LogP contribution in [-0.2, 0) is 0 Å². The molecule has 1 fully saturated rings. The van der Waals surface area contributed by atoms with Gasteiger partial charge in [0.05, 0.1) is 0 Å². The average Bonchev–Trinajstić information content (AvgIpc) is 2.29. The van der Waals surface area contributed by atoms with Gasteiger partial charge < -0.3 is 10.6 Å². The van der Waals surface area contributed by atoms with Crippen molar-refractivity contribution in [3.63, 3.8) is 0 Å². The molecule has 0 saturated carbocycles. The molecule has 0 atom stereocenters. The van der Waals surface area contributed by atoms with Crippen molar-refractivity contribution < 1.29 is 4.79 Å². The normalized spacial score (nSPS) is 18.7. The summed E-state index contributed by atoms with van der Waals surface area (Å²) in [6, 6.07) is 7.73. The number of nitrogens with one attached hydrogen (secondary N) is 2. The van der Waals surface area contributed by atoms with Crippen molar-refractivity contribution in [2.45, 2.75) is 32.2 Å². The molecular weight excluding hydrogens is 212 g/mol. The molecule has 2 N–H and O–H groups in total. The van der Waals surface area contributed by atoms with Crippen molar-refractivity contribution in [3.05, 3.63) is 35.4 Å². The largest absolute Gasteiger partial charge is 0.347 e. The van der Waals surface area contributed by atoms with Crippen LogP contribution >= 0.6 is 0 Å². The first-order valence-corrected chi connectivity index (χ1v) is 6.19. The Morgan fingerprint density at radius 1 is 1.35 bits per heavy atom. The highest BCUT2D eigenvalue weighted by Gasteiger charge is 2.28. The lowest BCUT2D eigenvalue weighted by Crippen LogP contribution is -2.52. The zero-order valence-corrected chi connectivity index (χ0v) is 10.5. The van der Waals surface area contributed by atoms with E-state index in [0.717, 1.165) is 37.1 Å². The number of hydrogen-bond donors (Lipinski definition) is 2. The highest BCUT2D eigenvalue weighted by Crippen LogP contribution is 2.18. The van der Waals surface area contributed by atoms with Gasteiger partial charge in [0.25, 0.3) is 5.91 Å². The quantitative estimate of drug-likeness (QED) is 0.817. The number of aryl methyl sites for hydroxylation is 1. The molecule has 0 bridgehead atoms. The molecule has 1 aliphatic heterocycles. The second-order valence-corrected chi connectivity index (χ2v) is 5.13. The minimum absolute atomic E-state index is 0.0399. The maximum Gasteiger partial charge on any atom is 0.251 e. The molecule has 0 aliphatic carbocycles. The highest BCUT2D eigenvalue weighted by atomic mass is 16.1. The van der Waals surface area contributed by atoms with Crippen LogP contribution in [0.3, 0.4) is 0 Å². The molecule has 0 unspecified atom stereocenters. The van der Waals surface area contributed by atoms with E-state index >= 15 is 0 Å². The van der Waals surface area contributed by atoms with Gasteiger partial charge in [-0.15, -0.1) is 0 Å². The molecule has 0 radical (unpaired) electrons. The summed E-state index contributed by atoms with van der Waals surface area (Å²) in [6.07, 6.45) is 1.98. The monoisotopic (exact) mass is 232 g/mol. The molecule has 1 saturated heterocycles. The molecule has 0 spiro atoms. The zero-order chi connectivity index (χ0) is 12.3. The third-order valence-corrected chi connectivity index (χ3v) is 3.40. The molecule has 17 heavy (non-hydrogen) atoms. The van der Waals surface area contributed by atoms with E-state index in [1.165, 1.54) is 0 Å². The maximum absolute atomic E-state index is 12.1. The number of carbonyl (C=O) groups is 1. The molecule has 1 aromatic carbocycles. The van der Waals surface area contributed by atoms with Gasteiger partial charge in [-0.1, -0.05) is 17.7 Å². The Kier molecular flexibility index (Phi) is 3.48. The summed E-state index contributed by atoms with van der Waals surface area (Å²) >= 11 is 0. The Bertz CT molecular complexity index is 408. The van der Waals surface area contributed by atoms with Crippen LogP contribution in [0.1, 0.15) is 35.7 Å². The number of amides is 1. The van der Waals surface area contributed by atoms with Crippen LogP contribution in [0, 0.1) is 6.92 Å². The summed E-state index contributed by atoms with van der Waals surface area (Å²) in [5.41, 5.74) is 1.81. The predicted octanol–water partition coefficient (Wildman–Crippen LogP) is 1.87. The summed E-state index contributed by atoms with van der Waals surface area (Å²) < 4.78 is 0. The first kappa shape index (κ1) is 12.1. The smallest absolute Gasteiger partial charge is 0.251 e. The topological polar surface area (TPSA) is 41.1 Å². The fourth-order valence-corrected chi connectivity index (χ4v) is 2.24. The van der Waals surface area contributed by atoms with Gasteiger partial charge in [-0.2, -0.15) is 0 Å². The lowest BCUT2D eigenvalue weighted by Gasteiger charge is -2.35. The van der Waals surface area contributed by atoms with E-state index < -0.39 is 0 Å².